The summed E-state index contributed by atoms with van der Waals surface area (Å²) in [6.07, 6.45) is 0. The summed E-state index contributed by atoms with van der Waals surface area (Å²) in [4.78, 5) is 0. The van der Waals surface area contributed by atoms with Crippen LogP contribution in [0.2, 0.25) is 26.2 Å². The molecule has 0 aromatic rings. The van der Waals surface area contributed by atoms with Gasteiger partial charge in [-0.25, -0.2) is 0 Å². The minimum Gasteiger partial charge on any atom is -0.341 e. The van der Waals surface area contributed by atoms with Crippen LogP contribution in [0.3, 0.4) is 0 Å². The lowest BCUT2D eigenvalue weighted by Crippen LogP contribution is -2.55. The van der Waals surface area contributed by atoms with Crippen molar-refractivity contribution in [2.45, 2.75) is 26.2 Å². The third-order valence-electron chi connectivity index (χ3n) is 2.84. The highest BCUT2D eigenvalue weighted by molar-refractivity contribution is 7.81. The minimum absolute atomic E-state index is 0.775. The first-order valence-electron chi connectivity index (χ1n) is 5.90. The zero-order valence-corrected chi connectivity index (χ0v) is 16.7. The Morgan fingerprint density at radius 3 is 1.44 bits per heavy atom. The van der Waals surface area contributed by atoms with E-state index >= 15 is 0 Å². The maximum atomic E-state index is 5.30. The SMILES string of the molecule is C[Si](C)(C=P(C)(C)C)[Si](C)(C)N=P(C)(C)C. The fourth-order valence-electron chi connectivity index (χ4n) is 2.01. The molecule has 0 amide bonds. The molecule has 0 N–H and O–H groups in total. The van der Waals surface area contributed by atoms with Crippen molar-refractivity contribution in [3.8, 4) is 0 Å². The second kappa shape index (κ2) is 4.92. The molecule has 0 aliphatic heterocycles. The Morgan fingerprint density at radius 2 is 1.19 bits per heavy atom. The number of hydrogen-bond acceptors (Lipinski definition) is 1. The van der Waals surface area contributed by atoms with E-state index in [-0.39, 0.29) is 0 Å². The van der Waals surface area contributed by atoms with Gasteiger partial charge in [-0.15, -0.1) is 6.89 Å². The largest absolute Gasteiger partial charge is 0.341 e. The summed E-state index contributed by atoms with van der Waals surface area (Å²) in [5, 5.41) is 0. The normalized spacial score (nSPS) is 14.9. The Kier molecular flexibility index (Phi) is 5.21. The summed E-state index contributed by atoms with van der Waals surface area (Å²) in [5.41, 5.74) is 2.76. The second-order valence-corrected chi connectivity index (χ2v) is 31.6. The first-order valence-corrected chi connectivity index (χ1v) is 19.2. The monoisotopic (exact) mass is 295 g/mol. The van der Waals surface area contributed by atoms with E-state index in [1.165, 1.54) is 0 Å². The van der Waals surface area contributed by atoms with Gasteiger partial charge in [-0.1, -0.05) is 31.6 Å². The molecule has 5 heteroatoms. The quantitative estimate of drug-likeness (QED) is 0.543. The van der Waals surface area contributed by atoms with Crippen LogP contribution in [0.15, 0.2) is 4.41 Å². The molecule has 0 aromatic carbocycles. The fourth-order valence-corrected chi connectivity index (χ4v) is 29.4. The first kappa shape index (κ1) is 17.0. The summed E-state index contributed by atoms with van der Waals surface area (Å²) in [6.45, 7) is 23.6. The fraction of sp³-hybridized carbons (Fsp3) is 0.909. The lowest BCUT2D eigenvalue weighted by atomic mass is 11.8. The van der Waals surface area contributed by atoms with Crippen LogP contribution in [0.25, 0.3) is 0 Å². The van der Waals surface area contributed by atoms with Crippen molar-refractivity contribution in [2.24, 2.45) is 4.41 Å². The van der Waals surface area contributed by atoms with E-state index in [1.54, 1.807) is 0 Å². The van der Waals surface area contributed by atoms with Gasteiger partial charge < -0.3 is 4.41 Å². The lowest BCUT2D eigenvalue weighted by Gasteiger charge is -2.36. The van der Waals surface area contributed by atoms with E-state index in [1.807, 2.05) is 0 Å². The van der Waals surface area contributed by atoms with Crippen molar-refractivity contribution in [2.75, 3.05) is 40.0 Å². The van der Waals surface area contributed by atoms with E-state index in [4.69, 9.17) is 4.41 Å². The van der Waals surface area contributed by atoms with E-state index in [2.05, 4.69) is 71.6 Å². The maximum absolute atomic E-state index is 5.30. The zero-order valence-electron chi connectivity index (χ0n) is 12.9. The van der Waals surface area contributed by atoms with Crippen molar-refractivity contribution in [1.29, 1.82) is 0 Å². The van der Waals surface area contributed by atoms with Gasteiger partial charge in [-0.05, 0) is 47.0 Å². The highest BCUT2D eigenvalue weighted by Gasteiger charge is 2.40. The van der Waals surface area contributed by atoms with E-state index in [9.17, 15) is 0 Å². The highest BCUT2D eigenvalue weighted by atomic mass is 31.2. The zero-order chi connectivity index (χ0) is 13.4. The van der Waals surface area contributed by atoms with Crippen LogP contribution in [0.1, 0.15) is 0 Å². The molecule has 0 aliphatic rings. The van der Waals surface area contributed by atoms with Gasteiger partial charge in [-0.3, -0.25) is 0 Å². The molecule has 0 spiro atoms. The summed E-state index contributed by atoms with van der Waals surface area (Å²) < 4.78 is 5.30. The van der Waals surface area contributed by atoms with Gasteiger partial charge in [0, 0.05) is 0 Å². The molecular weight excluding hydrogens is 264 g/mol. The average molecular weight is 295 g/mol. The Morgan fingerprint density at radius 1 is 0.812 bits per heavy atom. The van der Waals surface area contributed by atoms with Gasteiger partial charge in [0.2, 0.25) is 0 Å². The molecule has 0 aromatic heterocycles. The van der Waals surface area contributed by atoms with Gasteiger partial charge in [0.05, 0.1) is 7.59 Å². The predicted octanol–water partition coefficient (Wildman–Crippen LogP) is 4.32. The summed E-state index contributed by atoms with van der Waals surface area (Å²) >= 11 is 0. The van der Waals surface area contributed by atoms with Crippen molar-refractivity contribution < 1.29 is 0 Å². The third-order valence-corrected chi connectivity index (χ3v) is 27.6. The molecule has 0 atom stereocenters. The summed E-state index contributed by atoms with van der Waals surface area (Å²) in [6, 6.07) is 0. The summed E-state index contributed by atoms with van der Waals surface area (Å²) in [5.74, 6) is 0. The lowest BCUT2D eigenvalue weighted by molar-refractivity contribution is 1.64. The standard InChI is InChI=1S/C11H31NP2Si2/c1-13(2,3)11-15(7,8)16(9,10)12-14(4,5)6/h11H,1-10H3. The van der Waals surface area contributed by atoms with Crippen molar-refractivity contribution in [3.63, 3.8) is 0 Å². The Hall–Kier alpha value is 0.964. The van der Waals surface area contributed by atoms with Crippen LogP contribution in [0, 0.1) is 0 Å². The number of hydrogen-bond donors (Lipinski definition) is 0. The van der Waals surface area contributed by atoms with E-state index in [0.717, 1.165) is 0 Å². The molecule has 0 fully saturated rings. The Balaban J connectivity index is 5.50. The van der Waals surface area contributed by atoms with Gasteiger partial charge in [-0.2, -0.15) is 0 Å². The molecule has 0 radical (unpaired) electrons. The number of nitrogens with zero attached hydrogens (tertiary/aromatic N) is 1. The second-order valence-electron chi connectivity index (χ2n) is 7.57. The molecule has 0 rings (SSSR count). The molecule has 16 heavy (non-hydrogen) atoms. The van der Waals surface area contributed by atoms with E-state index < -0.39 is 29.3 Å². The molecule has 0 saturated heterocycles. The maximum Gasteiger partial charge on any atom is 0.166 e. The Bertz CT molecular complexity index is 306. The molecule has 0 aliphatic carbocycles. The smallest absolute Gasteiger partial charge is 0.166 e. The van der Waals surface area contributed by atoms with Gasteiger partial charge >= 0.3 is 0 Å². The predicted molar refractivity (Wildman–Crippen MR) is 92.8 cm³/mol. The molecule has 0 unspecified atom stereocenters. The highest BCUT2D eigenvalue weighted by Crippen LogP contribution is 2.42. The van der Waals surface area contributed by atoms with Crippen LogP contribution in [0.5, 0.6) is 0 Å². The van der Waals surface area contributed by atoms with Crippen LogP contribution in [0.4, 0.5) is 0 Å². The van der Waals surface area contributed by atoms with Crippen LogP contribution < -0.4 is 0 Å². The van der Waals surface area contributed by atoms with Crippen molar-refractivity contribution in [3.05, 3.63) is 0 Å². The van der Waals surface area contributed by atoms with Crippen molar-refractivity contribution in [1.82, 2.24) is 0 Å². The molecule has 0 bridgehead atoms. The third kappa shape index (κ3) is 6.05. The molecule has 98 valence electrons. The van der Waals surface area contributed by atoms with Gasteiger partial charge in [0.25, 0.3) is 0 Å². The Labute approximate surface area is 105 Å². The van der Waals surface area contributed by atoms with E-state index in [0.29, 0.717) is 0 Å². The van der Waals surface area contributed by atoms with Gasteiger partial charge in [0.1, 0.15) is 0 Å². The average Bonchev–Trinajstić information content (AvgIpc) is 1.72. The van der Waals surface area contributed by atoms with Crippen LogP contribution >= 0.6 is 13.9 Å². The summed E-state index contributed by atoms with van der Waals surface area (Å²) in [7, 11) is -3.63. The topological polar surface area (TPSA) is 12.4 Å². The molecule has 0 saturated carbocycles. The first-order chi connectivity index (χ1) is 6.66. The van der Waals surface area contributed by atoms with Crippen LogP contribution in [-0.4, -0.2) is 60.8 Å². The molecule has 0 heterocycles. The van der Waals surface area contributed by atoms with Gasteiger partial charge in [0.15, 0.2) is 7.75 Å². The molecule has 1 nitrogen and oxygen atoms in total. The van der Waals surface area contributed by atoms with Crippen molar-refractivity contribution >= 4 is 34.7 Å². The minimum atomic E-state index is -1.39. The number of rotatable bonds is 3. The van der Waals surface area contributed by atoms with Crippen LogP contribution in [-0.2, 0) is 0 Å². The molecular formula is C11H31NP2Si2.